The largest absolute Gasteiger partial charge is 0.380 e. The first-order chi connectivity index (χ1) is 8.29. The van der Waals surface area contributed by atoms with Crippen molar-refractivity contribution in [3.8, 4) is 0 Å². The molecule has 1 heterocycles. The SMILES string of the molecule is CCC(NC1CCCOC1)c1cccc(Br)c1. The number of hydrogen-bond acceptors (Lipinski definition) is 2. The Morgan fingerprint density at radius 1 is 1.53 bits per heavy atom. The fourth-order valence-electron chi connectivity index (χ4n) is 2.33. The van der Waals surface area contributed by atoms with Crippen LogP contribution in [0.2, 0.25) is 0 Å². The van der Waals surface area contributed by atoms with Crippen LogP contribution in [-0.4, -0.2) is 19.3 Å². The highest BCUT2D eigenvalue weighted by Crippen LogP contribution is 2.22. The van der Waals surface area contributed by atoms with E-state index in [-0.39, 0.29) is 0 Å². The molecule has 0 spiro atoms. The first-order valence-electron chi connectivity index (χ1n) is 6.39. The van der Waals surface area contributed by atoms with Crippen molar-refractivity contribution in [1.82, 2.24) is 5.32 Å². The maximum absolute atomic E-state index is 5.52. The Kier molecular flexibility index (Phi) is 5.01. The van der Waals surface area contributed by atoms with Crippen molar-refractivity contribution in [2.75, 3.05) is 13.2 Å². The average Bonchev–Trinajstić information content (AvgIpc) is 2.37. The van der Waals surface area contributed by atoms with Gasteiger partial charge in [-0.25, -0.2) is 0 Å². The molecule has 2 atom stereocenters. The summed E-state index contributed by atoms with van der Waals surface area (Å²) in [5.41, 5.74) is 1.35. The van der Waals surface area contributed by atoms with E-state index < -0.39 is 0 Å². The molecular formula is C14H20BrNO. The molecule has 1 saturated heterocycles. The monoisotopic (exact) mass is 297 g/mol. The van der Waals surface area contributed by atoms with Crippen molar-refractivity contribution < 1.29 is 4.74 Å². The van der Waals surface area contributed by atoms with Gasteiger partial charge in [0, 0.05) is 23.2 Å². The van der Waals surface area contributed by atoms with Gasteiger partial charge in [-0.05, 0) is 37.0 Å². The fraction of sp³-hybridized carbons (Fsp3) is 0.571. The zero-order chi connectivity index (χ0) is 12.1. The number of benzene rings is 1. The molecule has 1 aliphatic heterocycles. The Labute approximate surface area is 112 Å². The summed E-state index contributed by atoms with van der Waals surface area (Å²) in [4.78, 5) is 0. The van der Waals surface area contributed by atoms with Crippen LogP contribution in [0.25, 0.3) is 0 Å². The zero-order valence-electron chi connectivity index (χ0n) is 10.3. The standard InChI is InChI=1S/C14H20BrNO/c1-2-14(11-5-3-6-12(15)9-11)16-13-7-4-8-17-10-13/h3,5-6,9,13-14,16H,2,4,7-8,10H2,1H3. The van der Waals surface area contributed by atoms with Gasteiger partial charge in [0.1, 0.15) is 0 Å². The van der Waals surface area contributed by atoms with Crippen molar-refractivity contribution >= 4 is 15.9 Å². The fourth-order valence-corrected chi connectivity index (χ4v) is 2.75. The van der Waals surface area contributed by atoms with Gasteiger partial charge in [0.25, 0.3) is 0 Å². The lowest BCUT2D eigenvalue weighted by Gasteiger charge is -2.28. The summed E-state index contributed by atoms with van der Waals surface area (Å²) in [6, 6.07) is 9.49. The second kappa shape index (κ2) is 6.53. The Morgan fingerprint density at radius 3 is 3.06 bits per heavy atom. The van der Waals surface area contributed by atoms with Crippen LogP contribution in [0.5, 0.6) is 0 Å². The third-order valence-corrected chi connectivity index (χ3v) is 3.75. The lowest BCUT2D eigenvalue weighted by atomic mass is 10.0. The van der Waals surface area contributed by atoms with E-state index in [1.807, 2.05) is 0 Å². The Bertz CT molecular complexity index is 350. The molecule has 2 rings (SSSR count). The molecular weight excluding hydrogens is 278 g/mol. The van der Waals surface area contributed by atoms with Crippen molar-refractivity contribution in [1.29, 1.82) is 0 Å². The van der Waals surface area contributed by atoms with Gasteiger partial charge in [0.2, 0.25) is 0 Å². The van der Waals surface area contributed by atoms with Crippen molar-refractivity contribution in [2.24, 2.45) is 0 Å². The second-order valence-corrected chi connectivity index (χ2v) is 5.51. The number of nitrogens with one attached hydrogen (secondary N) is 1. The van der Waals surface area contributed by atoms with Crippen LogP contribution in [0.3, 0.4) is 0 Å². The predicted octanol–water partition coefficient (Wildman–Crippen LogP) is 3.67. The number of halogens is 1. The van der Waals surface area contributed by atoms with Crippen molar-refractivity contribution in [3.05, 3.63) is 34.3 Å². The molecule has 0 aliphatic carbocycles. The topological polar surface area (TPSA) is 21.3 Å². The molecule has 2 nitrogen and oxygen atoms in total. The van der Waals surface area contributed by atoms with Gasteiger partial charge in [-0.3, -0.25) is 0 Å². The predicted molar refractivity (Wildman–Crippen MR) is 74.2 cm³/mol. The van der Waals surface area contributed by atoms with Crippen LogP contribution in [0.4, 0.5) is 0 Å². The molecule has 0 bridgehead atoms. The molecule has 17 heavy (non-hydrogen) atoms. The molecule has 3 heteroatoms. The van der Waals surface area contributed by atoms with E-state index in [0.29, 0.717) is 12.1 Å². The summed E-state index contributed by atoms with van der Waals surface area (Å²) in [5, 5.41) is 3.70. The zero-order valence-corrected chi connectivity index (χ0v) is 11.9. The van der Waals surface area contributed by atoms with Gasteiger partial charge in [-0.1, -0.05) is 35.0 Å². The van der Waals surface area contributed by atoms with Crippen LogP contribution in [0.15, 0.2) is 28.7 Å². The average molecular weight is 298 g/mol. The van der Waals surface area contributed by atoms with Gasteiger partial charge in [-0.15, -0.1) is 0 Å². The normalized spacial score (nSPS) is 22.4. The van der Waals surface area contributed by atoms with E-state index in [1.165, 1.54) is 18.4 Å². The third kappa shape index (κ3) is 3.80. The number of hydrogen-bond donors (Lipinski definition) is 1. The molecule has 94 valence electrons. The van der Waals surface area contributed by atoms with Crippen LogP contribution >= 0.6 is 15.9 Å². The Balaban J connectivity index is 2.00. The van der Waals surface area contributed by atoms with Gasteiger partial charge in [0.05, 0.1) is 6.61 Å². The maximum atomic E-state index is 5.52. The first kappa shape index (κ1) is 13.1. The second-order valence-electron chi connectivity index (χ2n) is 4.60. The van der Waals surface area contributed by atoms with E-state index in [9.17, 15) is 0 Å². The van der Waals surface area contributed by atoms with Crippen molar-refractivity contribution in [2.45, 2.75) is 38.3 Å². The van der Waals surface area contributed by atoms with E-state index >= 15 is 0 Å². The Hall–Kier alpha value is -0.380. The van der Waals surface area contributed by atoms with E-state index in [1.54, 1.807) is 0 Å². The Morgan fingerprint density at radius 2 is 2.41 bits per heavy atom. The third-order valence-electron chi connectivity index (χ3n) is 3.26. The number of rotatable bonds is 4. The smallest absolute Gasteiger partial charge is 0.0619 e. The van der Waals surface area contributed by atoms with E-state index in [4.69, 9.17) is 4.74 Å². The summed E-state index contributed by atoms with van der Waals surface area (Å²) in [7, 11) is 0. The summed E-state index contributed by atoms with van der Waals surface area (Å²) in [5.74, 6) is 0. The van der Waals surface area contributed by atoms with E-state index in [0.717, 1.165) is 24.1 Å². The molecule has 0 saturated carbocycles. The van der Waals surface area contributed by atoms with Crippen molar-refractivity contribution in [3.63, 3.8) is 0 Å². The highest BCUT2D eigenvalue weighted by atomic mass is 79.9. The molecule has 1 N–H and O–H groups in total. The molecule has 1 aliphatic rings. The molecule has 2 unspecified atom stereocenters. The van der Waals surface area contributed by atoms with Crippen LogP contribution < -0.4 is 5.32 Å². The van der Waals surface area contributed by atoms with Crippen LogP contribution in [0.1, 0.15) is 37.8 Å². The molecule has 0 amide bonds. The lowest BCUT2D eigenvalue weighted by molar-refractivity contribution is 0.0661. The molecule has 0 aromatic heterocycles. The maximum Gasteiger partial charge on any atom is 0.0619 e. The van der Waals surface area contributed by atoms with Gasteiger partial charge in [-0.2, -0.15) is 0 Å². The summed E-state index contributed by atoms with van der Waals surface area (Å²) in [6.07, 6.45) is 3.50. The van der Waals surface area contributed by atoms with Crippen LogP contribution in [0, 0.1) is 0 Å². The van der Waals surface area contributed by atoms with Gasteiger partial charge >= 0.3 is 0 Å². The minimum atomic E-state index is 0.430. The first-order valence-corrected chi connectivity index (χ1v) is 7.18. The lowest BCUT2D eigenvalue weighted by Crippen LogP contribution is -2.39. The molecule has 0 radical (unpaired) electrons. The highest BCUT2D eigenvalue weighted by molar-refractivity contribution is 9.10. The quantitative estimate of drug-likeness (QED) is 0.916. The van der Waals surface area contributed by atoms with Gasteiger partial charge in [0.15, 0.2) is 0 Å². The molecule has 1 fully saturated rings. The summed E-state index contributed by atoms with van der Waals surface area (Å²) >= 11 is 3.53. The van der Waals surface area contributed by atoms with E-state index in [2.05, 4.69) is 52.4 Å². The molecule has 1 aromatic carbocycles. The minimum Gasteiger partial charge on any atom is -0.380 e. The summed E-state index contributed by atoms with van der Waals surface area (Å²) < 4.78 is 6.66. The minimum absolute atomic E-state index is 0.430. The highest BCUT2D eigenvalue weighted by Gasteiger charge is 2.18. The number of ether oxygens (including phenoxy) is 1. The van der Waals surface area contributed by atoms with Crippen LogP contribution in [-0.2, 0) is 4.74 Å². The van der Waals surface area contributed by atoms with Gasteiger partial charge < -0.3 is 10.1 Å². The molecule has 1 aromatic rings. The summed E-state index contributed by atoms with van der Waals surface area (Å²) in [6.45, 7) is 4.00.